The number of aryl methyl sites for hydroxylation is 1. The monoisotopic (exact) mass is 507 g/mol. The molecule has 0 radical (unpaired) electrons. The maximum absolute atomic E-state index is 13.4. The van der Waals surface area contributed by atoms with E-state index in [0.717, 1.165) is 38.5 Å². The minimum Gasteiger partial charge on any atom is -0.467 e. The third kappa shape index (κ3) is 4.30. The van der Waals surface area contributed by atoms with Crippen LogP contribution in [0.5, 0.6) is 0 Å². The van der Waals surface area contributed by atoms with Gasteiger partial charge in [-0.25, -0.2) is 0 Å². The third-order valence-corrected chi connectivity index (χ3v) is 8.27. The SMILES string of the molecule is Cn1cc(NC(=O)CC23CC4CC(C2)CC(n2cc([N+](=O)[O-])cn2)(C4)C3)c(C(=O)NCc2ccco2)n1. The molecule has 37 heavy (non-hydrogen) atoms. The lowest BCUT2D eigenvalue weighted by Gasteiger charge is -2.61. The molecule has 0 aliphatic heterocycles. The molecule has 2 amide bonds. The highest BCUT2D eigenvalue weighted by Gasteiger charge is 2.59. The van der Waals surface area contributed by atoms with Crippen LogP contribution in [0.2, 0.25) is 0 Å². The van der Waals surface area contributed by atoms with E-state index in [1.54, 1.807) is 36.3 Å². The van der Waals surface area contributed by atoms with Crippen LogP contribution in [0, 0.1) is 27.4 Å². The fourth-order valence-corrected chi connectivity index (χ4v) is 7.49. The summed E-state index contributed by atoms with van der Waals surface area (Å²) in [6.45, 7) is 0.218. The number of carbonyl (C=O) groups excluding carboxylic acids is 2. The van der Waals surface area contributed by atoms with E-state index in [1.807, 2.05) is 0 Å². The molecule has 3 aromatic heterocycles. The Labute approximate surface area is 212 Å². The van der Waals surface area contributed by atoms with Gasteiger partial charge in [-0.15, -0.1) is 0 Å². The van der Waals surface area contributed by atoms with Crippen LogP contribution in [0.25, 0.3) is 0 Å². The number of anilines is 1. The van der Waals surface area contributed by atoms with Crippen molar-refractivity contribution in [2.24, 2.45) is 24.3 Å². The Kier molecular flexibility index (Phi) is 5.42. The minimum absolute atomic E-state index is 0.00281. The van der Waals surface area contributed by atoms with Gasteiger partial charge >= 0.3 is 5.69 Å². The van der Waals surface area contributed by atoms with E-state index in [1.165, 1.54) is 17.1 Å². The van der Waals surface area contributed by atoms with E-state index >= 15 is 0 Å². The van der Waals surface area contributed by atoms with Crippen LogP contribution < -0.4 is 10.6 Å². The molecule has 2 atom stereocenters. The predicted octanol–water partition coefficient (Wildman–Crippen LogP) is 3.37. The van der Waals surface area contributed by atoms with Crippen LogP contribution in [0.1, 0.15) is 61.2 Å². The van der Waals surface area contributed by atoms with Crippen molar-refractivity contribution >= 4 is 23.2 Å². The van der Waals surface area contributed by atoms with Crippen molar-refractivity contribution in [2.75, 3.05) is 5.32 Å². The van der Waals surface area contributed by atoms with Crippen molar-refractivity contribution in [3.05, 3.63) is 58.6 Å². The molecule has 4 aliphatic rings. The van der Waals surface area contributed by atoms with Crippen LogP contribution >= 0.6 is 0 Å². The topological polar surface area (TPSA) is 150 Å². The molecule has 7 rings (SSSR count). The summed E-state index contributed by atoms with van der Waals surface area (Å²) in [5.74, 6) is 1.00. The molecule has 12 nitrogen and oxygen atoms in total. The fourth-order valence-electron chi connectivity index (χ4n) is 7.49. The summed E-state index contributed by atoms with van der Waals surface area (Å²) in [6.07, 6.45) is 12.1. The van der Waals surface area contributed by atoms with Gasteiger partial charge in [-0.05, 0) is 67.9 Å². The molecule has 3 aromatic rings. The molecule has 4 fully saturated rings. The average molecular weight is 508 g/mol. The summed E-state index contributed by atoms with van der Waals surface area (Å²) >= 11 is 0. The van der Waals surface area contributed by atoms with Crippen LogP contribution in [0.15, 0.2) is 41.4 Å². The number of furan rings is 1. The zero-order valence-electron chi connectivity index (χ0n) is 20.6. The number of carbonyl (C=O) groups is 2. The van der Waals surface area contributed by atoms with Gasteiger partial charge in [-0.2, -0.15) is 10.2 Å². The lowest BCUT2D eigenvalue weighted by atomic mass is 9.46. The van der Waals surface area contributed by atoms with E-state index in [2.05, 4.69) is 20.8 Å². The van der Waals surface area contributed by atoms with Gasteiger partial charge in [0.15, 0.2) is 5.69 Å². The zero-order valence-corrected chi connectivity index (χ0v) is 20.6. The number of hydrogen-bond donors (Lipinski definition) is 2. The molecule has 3 heterocycles. The third-order valence-electron chi connectivity index (χ3n) is 8.27. The molecular weight excluding hydrogens is 478 g/mol. The highest BCUT2D eigenvalue weighted by Crippen LogP contribution is 2.65. The van der Waals surface area contributed by atoms with Gasteiger partial charge in [0.05, 0.1) is 29.0 Å². The standard InChI is InChI=1S/C25H29N7O5/c1-30-14-20(22(29-30)23(34)26-12-19-3-2-4-37-19)28-21(33)10-24-6-16-5-17(7-24)9-25(8-16,15-24)31-13-18(11-27-31)32(35)36/h2-4,11,13-14,16-17H,5-10,12,15H2,1H3,(H,26,34)(H,28,33). The summed E-state index contributed by atoms with van der Waals surface area (Å²) in [5, 5.41) is 25.6. The molecule has 2 unspecified atom stereocenters. The van der Waals surface area contributed by atoms with E-state index in [0.29, 0.717) is 29.7 Å². The Morgan fingerprint density at radius 3 is 2.70 bits per heavy atom. The summed E-state index contributed by atoms with van der Waals surface area (Å²) in [7, 11) is 1.70. The van der Waals surface area contributed by atoms with Crippen LogP contribution in [-0.4, -0.2) is 36.3 Å². The van der Waals surface area contributed by atoms with Crippen molar-refractivity contribution in [1.29, 1.82) is 0 Å². The molecule has 4 aliphatic carbocycles. The molecule has 0 aromatic carbocycles. The Bertz CT molecular complexity index is 1340. The van der Waals surface area contributed by atoms with E-state index < -0.39 is 10.8 Å². The first kappa shape index (κ1) is 23.4. The normalized spacial score (nSPS) is 27.8. The number of amides is 2. The highest BCUT2D eigenvalue weighted by atomic mass is 16.6. The number of nitro groups is 1. The second-order valence-electron chi connectivity index (χ2n) is 11.1. The summed E-state index contributed by atoms with van der Waals surface area (Å²) in [5.41, 5.74) is 0.0274. The van der Waals surface area contributed by atoms with Crippen molar-refractivity contribution < 1.29 is 18.9 Å². The molecule has 0 spiro atoms. The minimum atomic E-state index is -0.413. The molecule has 4 bridgehead atoms. The van der Waals surface area contributed by atoms with Crippen LogP contribution in [0.3, 0.4) is 0 Å². The number of hydrogen-bond acceptors (Lipinski definition) is 7. The Morgan fingerprint density at radius 1 is 1.24 bits per heavy atom. The van der Waals surface area contributed by atoms with Gasteiger partial charge in [0, 0.05) is 19.7 Å². The van der Waals surface area contributed by atoms with E-state index in [9.17, 15) is 19.7 Å². The van der Waals surface area contributed by atoms with E-state index in [-0.39, 0.29) is 34.8 Å². The molecule has 0 saturated heterocycles. The lowest BCUT2D eigenvalue weighted by molar-refractivity contribution is -0.385. The van der Waals surface area contributed by atoms with Gasteiger partial charge in [0.1, 0.15) is 18.2 Å². The second kappa shape index (κ2) is 8.56. The van der Waals surface area contributed by atoms with Crippen molar-refractivity contribution in [3.63, 3.8) is 0 Å². The Balaban J connectivity index is 1.18. The first-order valence-corrected chi connectivity index (χ1v) is 12.6. The summed E-state index contributed by atoms with van der Waals surface area (Å²) in [6, 6.07) is 3.51. The maximum atomic E-state index is 13.4. The molecule has 194 valence electrons. The van der Waals surface area contributed by atoms with Gasteiger partial charge < -0.3 is 15.1 Å². The van der Waals surface area contributed by atoms with Crippen LogP contribution in [-0.2, 0) is 23.9 Å². The van der Waals surface area contributed by atoms with Crippen molar-refractivity contribution in [3.8, 4) is 0 Å². The molecule has 4 saturated carbocycles. The number of nitrogens with zero attached hydrogens (tertiary/aromatic N) is 5. The van der Waals surface area contributed by atoms with Gasteiger partial charge in [0.25, 0.3) is 5.91 Å². The van der Waals surface area contributed by atoms with E-state index in [4.69, 9.17) is 4.42 Å². The fraction of sp³-hybridized carbons (Fsp3) is 0.520. The first-order valence-electron chi connectivity index (χ1n) is 12.6. The zero-order chi connectivity index (χ0) is 25.8. The number of rotatable bonds is 8. The quantitative estimate of drug-likeness (QED) is 0.350. The molecule has 2 N–H and O–H groups in total. The average Bonchev–Trinajstić information content (AvgIpc) is 3.57. The molecular formula is C25H29N7O5. The Hall–Kier alpha value is -3.96. The second-order valence-corrected chi connectivity index (χ2v) is 11.1. The van der Waals surface area contributed by atoms with Gasteiger partial charge in [0.2, 0.25) is 5.91 Å². The van der Waals surface area contributed by atoms with Crippen molar-refractivity contribution in [2.45, 2.75) is 57.0 Å². The largest absolute Gasteiger partial charge is 0.467 e. The first-order chi connectivity index (χ1) is 17.7. The predicted molar refractivity (Wildman–Crippen MR) is 130 cm³/mol. The van der Waals surface area contributed by atoms with Crippen LogP contribution in [0.4, 0.5) is 11.4 Å². The lowest BCUT2D eigenvalue weighted by Crippen LogP contribution is -2.57. The van der Waals surface area contributed by atoms with Crippen molar-refractivity contribution in [1.82, 2.24) is 24.9 Å². The summed E-state index contributed by atoms with van der Waals surface area (Å²) < 4.78 is 8.56. The number of aromatic nitrogens is 4. The maximum Gasteiger partial charge on any atom is 0.307 e. The van der Waals surface area contributed by atoms with Gasteiger partial charge in [-0.3, -0.25) is 29.1 Å². The summed E-state index contributed by atoms with van der Waals surface area (Å²) in [4.78, 5) is 37.0. The smallest absolute Gasteiger partial charge is 0.307 e. The highest BCUT2D eigenvalue weighted by molar-refractivity contribution is 6.02. The Morgan fingerprint density at radius 2 is 2.03 bits per heavy atom. The molecule has 12 heteroatoms. The number of nitrogens with one attached hydrogen (secondary N) is 2. The van der Waals surface area contributed by atoms with Gasteiger partial charge in [-0.1, -0.05) is 0 Å².